The van der Waals surface area contributed by atoms with E-state index < -0.39 is 0 Å². The SMILES string of the molecule is Cc1nc2ccccn2c1CN1CCC(N)C(C)(C)C1.Cl. The molecule has 0 radical (unpaired) electrons. The third-order valence-electron chi connectivity index (χ3n) is 4.59. The van der Waals surface area contributed by atoms with Crippen LogP contribution in [0.25, 0.3) is 5.65 Å². The molecule has 0 bridgehead atoms. The molecule has 0 amide bonds. The number of hydrogen-bond donors (Lipinski definition) is 1. The molecule has 0 aliphatic carbocycles. The van der Waals surface area contributed by atoms with Crippen LogP contribution in [0.2, 0.25) is 0 Å². The zero-order chi connectivity index (χ0) is 14.3. The zero-order valence-electron chi connectivity index (χ0n) is 13.0. The van der Waals surface area contributed by atoms with Crippen molar-refractivity contribution in [1.29, 1.82) is 0 Å². The molecule has 1 atom stereocenters. The Morgan fingerprint density at radius 1 is 1.38 bits per heavy atom. The maximum atomic E-state index is 6.22. The minimum absolute atomic E-state index is 0. The van der Waals surface area contributed by atoms with Crippen LogP contribution < -0.4 is 5.73 Å². The fourth-order valence-corrected chi connectivity index (χ4v) is 3.19. The lowest BCUT2D eigenvalue weighted by atomic mass is 9.79. The molecule has 0 spiro atoms. The predicted molar refractivity (Wildman–Crippen MR) is 88.8 cm³/mol. The monoisotopic (exact) mass is 308 g/mol. The highest BCUT2D eigenvalue weighted by atomic mass is 35.5. The van der Waals surface area contributed by atoms with E-state index in [1.54, 1.807) is 0 Å². The molecule has 5 heteroatoms. The predicted octanol–water partition coefficient (Wildman–Crippen LogP) is 2.62. The second kappa shape index (κ2) is 5.95. The Hall–Kier alpha value is -1.10. The number of nitrogens with two attached hydrogens (primary N) is 1. The van der Waals surface area contributed by atoms with Crippen LogP contribution in [0.3, 0.4) is 0 Å². The Kier molecular flexibility index (Phi) is 4.61. The van der Waals surface area contributed by atoms with E-state index in [4.69, 9.17) is 5.73 Å². The average molecular weight is 309 g/mol. The lowest BCUT2D eigenvalue weighted by molar-refractivity contribution is 0.0885. The van der Waals surface area contributed by atoms with Gasteiger partial charge in [0.2, 0.25) is 0 Å². The molecule has 2 aromatic heterocycles. The highest BCUT2D eigenvalue weighted by Gasteiger charge is 2.33. The van der Waals surface area contributed by atoms with Crippen LogP contribution in [0.15, 0.2) is 24.4 Å². The molecule has 2 N–H and O–H groups in total. The van der Waals surface area contributed by atoms with Crippen molar-refractivity contribution in [2.24, 2.45) is 11.1 Å². The molecule has 1 unspecified atom stereocenters. The Morgan fingerprint density at radius 3 is 2.86 bits per heavy atom. The molecule has 1 fully saturated rings. The van der Waals surface area contributed by atoms with Crippen molar-refractivity contribution in [2.75, 3.05) is 13.1 Å². The highest BCUT2D eigenvalue weighted by molar-refractivity contribution is 5.85. The van der Waals surface area contributed by atoms with Gasteiger partial charge in [-0.2, -0.15) is 0 Å². The minimum atomic E-state index is 0. The van der Waals surface area contributed by atoms with E-state index in [-0.39, 0.29) is 17.8 Å². The quantitative estimate of drug-likeness (QED) is 0.927. The number of likely N-dealkylation sites (tertiary alicyclic amines) is 1. The van der Waals surface area contributed by atoms with Crippen molar-refractivity contribution in [3.63, 3.8) is 0 Å². The average Bonchev–Trinajstić information content (AvgIpc) is 2.70. The summed E-state index contributed by atoms with van der Waals surface area (Å²) in [7, 11) is 0. The van der Waals surface area contributed by atoms with Crippen LogP contribution in [-0.4, -0.2) is 33.4 Å². The number of halogens is 1. The van der Waals surface area contributed by atoms with Crippen LogP contribution in [0.1, 0.15) is 31.7 Å². The van der Waals surface area contributed by atoms with Gasteiger partial charge in [-0.3, -0.25) is 4.90 Å². The van der Waals surface area contributed by atoms with Crippen molar-refractivity contribution in [3.05, 3.63) is 35.8 Å². The number of pyridine rings is 1. The summed E-state index contributed by atoms with van der Waals surface area (Å²) in [6.07, 6.45) is 3.17. The molecule has 3 heterocycles. The van der Waals surface area contributed by atoms with Gasteiger partial charge in [0.1, 0.15) is 5.65 Å². The summed E-state index contributed by atoms with van der Waals surface area (Å²) in [5.41, 5.74) is 9.87. The second-order valence-corrected chi connectivity index (χ2v) is 6.67. The molecule has 2 aromatic rings. The summed E-state index contributed by atoms with van der Waals surface area (Å²) >= 11 is 0. The molecule has 1 saturated heterocycles. The number of aryl methyl sites for hydroxylation is 1. The highest BCUT2D eigenvalue weighted by Crippen LogP contribution is 2.29. The largest absolute Gasteiger partial charge is 0.327 e. The summed E-state index contributed by atoms with van der Waals surface area (Å²) in [4.78, 5) is 7.15. The van der Waals surface area contributed by atoms with Gasteiger partial charge in [-0.25, -0.2) is 4.98 Å². The maximum Gasteiger partial charge on any atom is 0.137 e. The third kappa shape index (κ3) is 3.07. The number of piperidine rings is 1. The first-order valence-corrected chi connectivity index (χ1v) is 7.38. The summed E-state index contributed by atoms with van der Waals surface area (Å²) in [5.74, 6) is 0. The van der Waals surface area contributed by atoms with Crippen LogP contribution in [0, 0.1) is 12.3 Å². The van der Waals surface area contributed by atoms with Crippen LogP contribution in [0.5, 0.6) is 0 Å². The smallest absolute Gasteiger partial charge is 0.137 e. The number of rotatable bonds is 2. The normalized spacial score (nSPS) is 22.2. The maximum absolute atomic E-state index is 6.22. The molecule has 1 aliphatic rings. The number of nitrogens with zero attached hydrogens (tertiary/aromatic N) is 3. The van der Waals surface area contributed by atoms with Crippen molar-refractivity contribution in [3.8, 4) is 0 Å². The van der Waals surface area contributed by atoms with E-state index in [2.05, 4.69) is 53.4 Å². The molecule has 4 nitrogen and oxygen atoms in total. The summed E-state index contributed by atoms with van der Waals surface area (Å²) in [6.45, 7) is 9.71. The second-order valence-electron chi connectivity index (χ2n) is 6.67. The minimum Gasteiger partial charge on any atom is -0.327 e. The van der Waals surface area contributed by atoms with E-state index in [0.717, 1.165) is 37.4 Å². The third-order valence-corrected chi connectivity index (χ3v) is 4.59. The van der Waals surface area contributed by atoms with Crippen molar-refractivity contribution < 1.29 is 0 Å². The number of fused-ring (bicyclic) bond motifs is 1. The van der Waals surface area contributed by atoms with E-state index in [0.29, 0.717) is 6.04 Å². The van der Waals surface area contributed by atoms with Gasteiger partial charge < -0.3 is 10.1 Å². The van der Waals surface area contributed by atoms with Gasteiger partial charge in [-0.05, 0) is 30.9 Å². The lowest BCUT2D eigenvalue weighted by Gasteiger charge is -2.42. The molecule has 3 rings (SSSR count). The van der Waals surface area contributed by atoms with Gasteiger partial charge in [0.15, 0.2) is 0 Å². The van der Waals surface area contributed by atoms with Crippen LogP contribution in [-0.2, 0) is 6.54 Å². The van der Waals surface area contributed by atoms with Gasteiger partial charge in [-0.15, -0.1) is 12.4 Å². The number of imidazole rings is 1. The lowest BCUT2D eigenvalue weighted by Crippen LogP contribution is -2.52. The van der Waals surface area contributed by atoms with Crippen LogP contribution >= 0.6 is 12.4 Å². The van der Waals surface area contributed by atoms with Gasteiger partial charge in [0, 0.05) is 31.9 Å². The van der Waals surface area contributed by atoms with Crippen molar-refractivity contribution in [2.45, 2.75) is 39.8 Å². The first-order chi connectivity index (χ1) is 9.47. The molecule has 1 aliphatic heterocycles. The van der Waals surface area contributed by atoms with E-state index >= 15 is 0 Å². The Balaban J connectivity index is 0.00000161. The number of hydrogen-bond acceptors (Lipinski definition) is 3. The molecular weight excluding hydrogens is 284 g/mol. The fraction of sp³-hybridized carbons (Fsp3) is 0.562. The first kappa shape index (κ1) is 16.3. The van der Waals surface area contributed by atoms with Crippen molar-refractivity contribution >= 4 is 18.1 Å². The van der Waals surface area contributed by atoms with E-state index in [1.165, 1.54) is 5.69 Å². The fourth-order valence-electron chi connectivity index (χ4n) is 3.19. The van der Waals surface area contributed by atoms with E-state index in [1.807, 2.05) is 6.07 Å². The topological polar surface area (TPSA) is 46.6 Å². The Bertz CT molecular complexity index is 620. The molecule has 0 aromatic carbocycles. The number of aromatic nitrogens is 2. The zero-order valence-corrected chi connectivity index (χ0v) is 13.9. The molecule has 116 valence electrons. The molecule has 21 heavy (non-hydrogen) atoms. The standard InChI is InChI=1S/C16H24N4.ClH/c1-12-13(20-8-5-4-6-15(20)18-12)10-19-9-7-14(17)16(2,3)11-19;/h4-6,8,14H,7,9-11,17H2,1-3H3;1H. The van der Waals surface area contributed by atoms with Gasteiger partial charge in [0.25, 0.3) is 0 Å². The van der Waals surface area contributed by atoms with Gasteiger partial charge in [-0.1, -0.05) is 19.9 Å². The van der Waals surface area contributed by atoms with Crippen LogP contribution in [0.4, 0.5) is 0 Å². The summed E-state index contributed by atoms with van der Waals surface area (Å²) in [5, 5.41) is 0. The Morgan fingerprint density at radius 2 is 2.14 bits per heavy atom. The van der Waals surface area contributed by atoms with Gasteiger partial charge >= 0.3 is 0 Å². The van der Waals surface area contributed by atoms with Crippen molar-refractivity contribution in [1.82, 2.24) is 14.3 Å². The molecule has 0 saturated carbocycles. The van der Waals surface area contributed by atoms with E-state index in [9.17, 15) is 0 Å². The Labute approximate surface area is 132 Å². The summed E-state index contributed by atoms with van der Waals surface area (Å²) in [6, 6.07) is 6.47. The molecular formula is C16H25ClN4. The summed E-state index contributed by atoms with van der Waals surface area (Å²) < 4.78 is 2.21. The van der Waals surface area contributed by atoms with Gasteiger partial charge in [0.05, 0.1) is 11.4 Å². The first-order valence-electron chi connectivity index (χ1n) is 7.38.